The topological polar surface area (TPSA) is 117 Å². The fourth-order valence-electron chi connectivity index (χ4n) is 3.90. The van der Waals surface area contributed by atoms with Crippen molar-refractivity contribution in [1.82, 2.24) is 10.2 Å². The number of ether oxygens (including phenoxy) is 1. The molecule has 4 rings (SSSR count). The van der Waals surface area contributed by atoms with Crippen LogP contribution in [0.5, 0.6) is 5.75 Å². The summed E-state index contributed by atoms with van der Waals surface area (Å²) in [7, 11) is 0. The summed E-state index contributed by atoms with van der Waals surface area (Å²) in [6.07, 6.45) is 0. The molecule has 0 radical (unpaired) electrons. The number of benzene rings is 2. The number of nitrogens with one attached hydrogen (secondary N) is 2. The molecule has 10 nitrogen and oxygen atoms in total. The number of thiophene rings is 1. The summed E-state index contributed by atoms with van der Waals surface area (Å²) in [5, 5.41) is 18.8. The van der Waals surface area contributed by atoms with Gasteiger partial charge in [-0.05, 0) is 67.0 Å². The molecule has 37 heavy (non-hydrogen) atoms. The van der Waals surface area contributed by atoms with Crippen molar-refractivity contribution in [1.29, 1.82) is 0 Å². The smallest absolute Gasteiger partial charge is 0.311 e. The summed E-state index contributed by atoms with van der Waals surface area (Å²) in [5.41, 5.74) is 1.50. The van der Waals surface area contributed by atoms with Crippen molar-refractivity contribution in [2.75, 3.05) is 43.0 Å². The van der Waals surface area contributed by atoms with E-state index in [0.717, 1.165) is 29.7 Å². The molecule has 0 aliphatic carbocycles. The maximum absolute atomic E-state index is 12.6. The van der Waals surface area contributed by atoms with Crippen LogP contribution in [0.4, 0.5) is 17.1 Å². The number of rotatable bonds is 7. The van der Waals surface area contributed by atoms with E-state index in [9.17, 15) is 19.7 Å². The lowest BCUT2D eigenvalue weighted by Gasteiger charge is -2.36. The maximum Gasteiger partial charge on any atom is 0.311 e. The number of carbonyl (C=O) groups excluding carboxylic acids is 2. The van der Waals surface area contributed by atoms with Crippen molar-refractivity contribution in [3.8, 4) is 5.75 Å². The first kappa shape index (κ1) is 26.0. The van der Waals surface area contributed by atoms with Crippen molar-refractivity contribution < 1.29 is 19.2 Å². The summed E-state index contributed by atoms with van der Waals surface area (Å²) in [6.45, 7) is 4.74. The molecule has 3 aromatic rings. The average Bonchev–Trinajstić information content (AvgIpc) is 3.44. The van der Waals surface area contributed by atoms with Gasteiger partial charge in [-0.3, -0.25) is 25.0 Å². The van der Waals surface area contributed by atoms with Gasteiger partial charge in [-0.1, -0.05) is 6.07 Å². The Labute approximate surface area is 223 Å². The van der Waals surface area contributed by atoms with Gasteiger partial charge in [0.25, 0.3) is 11.8 Å². The summed E-state index contributed by atoms with van der Waals surface area (Å²) in [6, 6.07) is 15.3. The normalized spacial score (nSPS) is 13.1. The molecular weight excluding hydrogens is 514 g/mol. The van der Waals surface area contributed by atoms with Crippen molar-refractivity contribution >= 4 is 57.5 Å². The Balaban J connectivity index is 1.30. The van der Waals surface area contributed by atoms with E-state index in [1.807, 2.05) is 46.7 Å². The summed E-state index contributed by atoms with van der Waals surface area (Å²) < 4.78 is 5.25. The number of amides is 2. The lowest BCUT2D eigenvalue weighted by molar-refractivity contribution is -0.385. The molecule has 1 fully saturated rings. The zero-order valence-corrected chi connectivity index (χ0v) is 21.6. The van der Waals surface area contributed by atoms with E-state index in [-0.39, 0.29) is 34.6 Å². The molecule has 1 saturated heterocycles. The molecule has 0 unspecified atom stereocenters. The van der Waals surface area contributed by atoms with Crippen molar-refractivity contribution in [2.24, 2.45) is 0 Å². The van der Waals surface area contributed by atoms with E-state index in [2.05, 4.69) is 15.5 Å². The monoisotopic (exact) mass is 539 g/mol. The van der Waals surface area contributed by atoms with Crippen LogP contribution in [-0.4, -0.2) is 59.5 Å². The van der Waals surface area contributed by atoms with Gasteiger partial charge < -0.3 is 19.9 Å². The summed E-state index contributed by atoms with van der Waals surface area (Å²) in [5.74, 6) is -0.403. The van der Waals surface area contributed by atoms with Crippen LogP contribution in [0.3, 0.4) is 0 Å². The third-order valence-electron chi connectivity index (χ3n) is 5.73. The number of thiocarbonyl (C=S) groups is 1. The highest BCUT2D eigenvalue weighted by Crippen LogP contribution is 2.28. The minimum Gasteiger partial charge on any atom is -0.487 e. The van der Waals surface area contributed by atoms with Crippen LogP contribution in [-0.2, 0) is 0 Å². The van der Waals surface area contributed by atoms with E-state index in [4.69, 9.17) is 17.0 Å². The van der Waals surface area contributed by atoms with Gasteiger partial charge in [0.05, 0.1) is 16.4 Å². The summed E-state index contributed by atoms with van der Waals surface area (Å²) >= 11 is 6.70. The first-order chi connectivity index (χ1) is 17.9. The van der Waals surface area contributed by atoms with Crippen LogP contribution in [0.15, 0.2) is 60.0 Å². The second kappa shape index (κ2) is 11.8. The van der Waals surface area contributed by atoms with Gasteiger partial charge in [-0.2, -0.15) is 0 Å². The van der Waals surface area contributed by atoms with Gasteiger partial charge >= 0.3 is 5.69 Å². The number of hydrogen-bond donors (Lipinski definition) is 2. The molecule has 0 spiro atoms. The molecule has 2 amide bonds. The number of carbonyl (C=O) groups is 2. The van der Waals surface area contributed by atoms with Crippen LogP contribution in [0.2, 0.25) is 0 Å². The zero-order valence-electron chi connectivity index (χ0n) is 20.0. The second-order valence-electron chi connectivity index (χ2n) is 8.08. The van der Waals surface area contributed by atoms with Gasteiger partial charge in [-0.15, -0.1) is 11.3 Å². The molecule has 0 bridgehead atoms. The van der Waals surface area contributed by atoms with Gasteiger partial charge in [-0.25, -0.2) is 0 Å². The quantitative estimate of drug-likeness (QED) is 0.261. The average molecular weight is 540 g/mol. The molecule has 12 heteroatoms. The first-order valence-electron chi connectivity index (χ1n) is 11.6. The number of anilines is 2. The summed E-state index contributed by atoms with van der Waals surface area (Å²) in [4.78, 5) is 40.7. The van der Waals surface area contributed by atoms with Crippen LogP contribution in [0, 0.1) is 10.1 Å². The molecule has 2 heterocycles. The Morgan fingerprint density at radius 3 is 2.46 bits per heavy atom. The highest BCUT2D eigenvalue weighted by atomic mass is 32.1. The Morgan fingerprint density at radius 1 is 1.11 bits per heavy atom. The number of nitro groups is 1. The number of nitro benzene ring substituents is 1. The fraction of sp³-hybridized carbons (Fsp3) is 0.240. The fourth-order valence-corrected chi connectivity index (χ4v) is 4.80. The van der Waals surface area contributed by atoms with E-state index < -0.39 is 10.8 Å². The number of piperazine rings is 1. The molecule has 1 aliphatic rings. The molecule has 0 saturated carbocycles. The van der Waals surface area contributed by atoms with Gasteiger partial charge in [0.2, 0.25) is 0 Å². The van der Waals surface area contributed by atoms with Crippen LogP contribution in [0.1, 0.15) is 27.0 Å². The molecule has 1 aliphatic heterocycles. The number of hydrogen-bond acceptors (Lipinski definition) is 8. The van der Waals surface area contributed by atoms with Crippen LogP contribution < -0.4 is 20.3 Å². The highest BCUT2D eigenvalue weighted by Gasteiger charge is 2.23. The van der Waals surface area contributed by atoms with Crippen LogP contribution >= 0.6 is 23.6 Å². The lowest BCUT2D eigenvalue weighted by Crippen LogP contribution is -2.48. The van der Waals surface area contributed by atoms with Gasteiger partial charge in [0.15, 0.2) is 10.9 Å². The largest absolute Gasteiger partial charge is 0.487 e. The molecule has 1 aromatic heterocycles. The third-order valence-corrected chi connectivity index (χ3v) is 6.80. The minimum absolute atomic E-state index is 0.0648. The van der Waals surface area contributed by atoms with Crippen molar-refractivity contribution in [2.45, 2.75) is 6.92 Å². The predicted molar refractivity (Wildman–Crippen MR) is 147 cm³/mol. The maximum atomic E-state index is 12.6. The van der Waals surface area contributed by atoms with E-state index in [0.29, 0.717) is 18.8 Å². The third kappa shape index (κ3) is 6.40. The Bertz CT molecular complexity index is 1290. The van der Waals surface area contributed by atoms with Crippen LogP contribution in [0.25, 0.3) is 0 Å². The zero-order chi connectivity index (χ0) is 26.4. The Kier molecular flexibility index (Phi) is 8.31. The van der Waals surface area contributed by atoms with Crippen molar-refractivity contribution in [3.05, 3.63) is 80.5 Å². The molecule has 192 valence electrons. The minimum atomic E-state index is -0.596. The van der Waals surface area contributed by atoms with E-state index in [1.165, 1.54) is 23.5 Å². The second-order valence-corrected chi connectivity index (χ2v) is 9.44. The van der Waals surface area contributed by atoms with E-state index in [1.54, 1.807) is 6.92 Å². The first-order valence-corrected chi connectivity index (χ1v) is 12.9. The predicted octanol–water partition coefficient (Wildman–Crippen LogP) is 4.14. The molecular formula is C25H25N5O5S2. The standard InChI is InChI=1S/C25H25N5O5S2/c1-2-35-21-10-5-17(16-20(21)30(33)34)23(31)27-25(36)26-18-6-8-19(9-7-18)28-11-13-29(14-12-28)24(32)22-4-3-15-37-22/h3-10,15-16H,2,11-14H2,1H3,(H2,26,27,31,36). The highest BCUT2D eigenvalue weighted by molar-refractivity contribution is 7.80. The Morgan fingerprint density at radius 2 is 1.84 bits per heavy atom. The van der Waals surface area contributed by atoms with Gasteiger partial charge in [0, 0.05) is 49.2 Å². The van der Waals surface area contributed by atoms with Crippen molar-refractivity contribution in [3.63, 3.8) is 0 Å². The van der Waals surface area contributed by atoms with Gasteiger partial charge in [0.1, 0.15) is 0 Å². The Hall–Kier alpha value is -4.03. The number of nitrogens with zero attached hydrogens (tertiary/aromatic N) is 3. The molecule has 0 atom stereocenters. The van der Waals surface area contributed by atoms with E-state index >= 15 is 0 Å². The lowest BCUT2D eigenvalue weighted by atomic mass is 10.1. The SMILES string of the molecule is CCOc1ccc(C(=O)NC(=S)Nc2ccc(N3CCN(C(=O)c4cccs4)CC3)cc2)cc1[N+](=O)[O-]. The molecule has 2 N–H and O–H groups in total. The molecule has 2 aromatic carbocycles.